The molecule has 4 aromatic heterocycles. The van der Waals surface area contributed by atoms with E-state index in [-0.39, 0.29) is 28.7 Å². The minimum atomic E-state index is -4.56. The Kier molecular flexibility index (Phi) is 4.19. The van der Waals surface area contributed by atoms with Crippen LogP contribution in [0, 0.1) is 0 Å². The molecule has 34 heavy (non-hydrogen) atoms. The summed E-state index contributed by atoms with van der Waals surface area (Å²) in [7, 11) is 0. The Morgan fingerprint density at radius 3 is 2.62 bits per heavy atom. The molecule has 0 aliphatic rings. The van der Waals surface area contributed by atoms with Crippen LogP contribution in [0.2, 0.25) is 0 Å². The lowest BCUT2D eigenvalue weighted by Crippen LogP contribution is -2.17. The van der Waals surface area contributed by atoms with Crippen molar-refractivity contribution in [3.05, 3.63) is 98.8 Å². The zero-order valence-electron chi connectivity index (χ0n) is 17.3. The fraction of sp³-hybridized carbons (Fsp3) is 0.0800. The third kappa shape index (κ3) is 3.01. The van der Waals surface area contributed by atoms with Gasteiger partial charge in [0.1, 0.15) is 5.52 Å². The molecule has 6 nitrogen and oxygen atoms in total. The minimum absolute atomic E-state index is 0.0278. The van der Waals surface area contributed by atoms with Gasteiger partial charge in [0.15, 0.2) is 0 Å². The summed E-state index contributed by atoms with van der Waals surface area (Å²) in [5.74, 6) is 0. The van der Waals surface area contributed by atoms with Crippen molar-refractivity contribution in [1.82, 2.24) is 14.5 Å². The molecule has 0 saturated heterocycles. The predicted octanol–water partition coefficient (Wildman–Crippen LogP) is 5.20. The number of para-hydroxylation sites is 1. The maximum Gasteiger partial charge on any atom is 0.416 e. The normalized spacial score (nSPS) is 12.3. The monoisotopic (exact) mass is 461 g/mol. The summed E-state index contributed by atoms with van der Waals surface area (Å²) in [6.07, 6.45) is -3.13. The van der Waals surface area contributed by atoms with Crippen LogP contribution in [-0.2, 0) is 12.7 Å². The third-order valence-electron chi connectivity index (χ3n) is 5.97. The SMILES string of the molecule is O=c1[nH]c2ccccc2cc1Cn1c2ccc(C(F)(F)F)cc2c2c3cccnc3oc(=O)c21. The molecule has 0 aliphatic heterocycles. The first-order chi connectivity index (χ1) is 16.3. The molecule has 0 unspecified atom stereocenters. The number of halogens is 3. The Labute approximate surface area is 187 Å². The Balaban J connectivity index is 1.72. The van der Waals surface area contributed by atoms with Crippen molar-refractivity contribution in [2.45, 2.75) is 12.7 Å². The lowest BCUT2D eigenvalue weighted by Gasteiger charge is -2.09. The molecule has 168 valence electrons. The van der Waals surface area contributed by atoms with Crippen LogP contribution >= 0.6 is 0 Å². The number of H-pyrrole nitrogens is 1. The van der Waals surface area contributed by atoms with Crippen molar-refractivity contribution < 1.29 is 17.6 Å². The standard InChI is InChI=1S/C25H14F3N3O3/c26-25(27,28)15-7-8-19-17(11-15)20-16-5-3-9-29-23(16)34-24(33)21(20)31(19)12-14-10-13-4-1-2-6-18(13)30-22(14)32/h1-11H,12H2,(H,30,32). The topological polar surface area (TPSA) is 80.9 Å². The molecule has 6 rings (SSSR count). The van der Waals surface area contributed by atoms with Gasteiger partial charge in [-0.3, -0.25) is 4.79 Å². The number of alkyl halides is 3. The number of fused-ring (bicyclic) bond motifs is 6. The van der Waals surface area contributed by atoms with E-state index in [9.17, 15) is 22.8 Å². The molecular weight excluding hydrogens is 447 g/mol. The summed E-state index contributed by atoms with van der Waals surface area (Å²) in [4.78, 5) is 32.7. The van der Waals surface area contributed by atoms with Gasteiger partial charge in [0, 0.05) is 39.0 Å². The highest BCUT2D eigenvalue weighted by Crippen LogP contribution is 2.37. The van der Waals surface area contributed by atoms with Crippen LogP contribution in [0.1, 0.15) is 11.1 Å². The van der Waals surface area contributed by atoms with Gasteiger partial charge in [0.25, 0.3) is 5.56 Å². The smallest absolute Gasteiger partial charge is 0.402 e. The molecule has 0 aliphatic carbocycles. The van der Waals surface area contributed by atoms with Gasteiger partial charge in [-0.05, 0) is 47.9 Å². The minimum Gasteiger partial charge on any atom is -0.402 e. The highest BCUT2D eigenvalue weighted by molar-refractivity contribution is 6.18. The van der Waals surface area contributed by atoms with Gasteiger partial charge >= 0.3 is 11.8 Å². The van der Waals surface area contributed by atoms with Crippen LogP contribution < -0.4 is 11.2 Å². The molecule has 6 aromatic rings. The molecule has 4 heterocycles. The summed E-state index contributed by atoms with van der Waals surface area (Å²) >= 11 is 0. The van der Waals surface area contributed by atoms with Crippen LogP contribution in [0.15, 0.2) is 80.9 Å². The van der Waals surface area contributed by atoms with E-state index in [2.05, 4.69) is 9.97 Å². The highest BCUT2D eigenvalue weighted by Gasteiger charge is 2.31. The number of hydrogen-bond donors (Lipinski definition) is 1. The second kappa shape index (κ2) is 7.05. The van der Waals surface area contributed by atoms with Gasteiger partial charge in [-0.2, -0.15) is 13.2 Å². The second-order valence-electron chi connectivity index (χ2n) is 8.00. The van der Waals surface area contributed by atoms with Gasteiger partial charge in [0.05, 0.1) is 12.1 Å². The first-order valence-corrected chi connectivity index (χ1v) is 10.3. The van der Waals surface area contributed by atoms with Crippen molar-refractivity contribution in [1.29, 1.82) is 0 Å². The van der Waals surface area contributed by atoms with Crippen molar-refractivity contribution in [2.75, 3.05) is 0 Å². The zero-order valence-corrected chi connectivity index (χ0v) is 17.3. The Hall–Kier alpha value is -4.40. The van der Waals surface area contributed by atoms with Gasteiger partial charge in [-0.25, -0.2) is 9.78 Å². The third-order valence-corrected chi connectivity index (χ3v) is 5.97. The molecular formula is C25H14F3N3O3. The molecule has 0 atom stereocenters. The Morgan fingerprint density at radius 1 is 0.971 bits per heavy atom. The molecule has 0 fully saturated rings. The summed E-state index contributed by atoms with van der Waals surface area (Å²) in [5, 5.41) is 1.73. The average Bonchev–Trinajstić information content (AvgIpc) is 3.13. The van der Waals surface area contributed by atoms with E-state index < -0.39 is 17.4 Å². The Bertz CT molecular complexity index is 1880. The summed E-state index contributed by atoms with van der Waals surface area (Å²) in [5.41, 5.74) is -0.460. The van der Waals surface area contributed by atoms with Crippen LogP contribution in [0.3, 0.4) is 0 Å². The van der Waals surface area contributed by atoms with E-state index in [1.807, 2.05) is 12.1 Å². The molecule has 0 radical (unpaired) electrons. The maximum absolute atomic E-state index is 13.5. The van der Waals surface area contributed by atoms with Crippen molar-refractivity contribution in [3.8, 4) is 0 Å². The van der Waals surface area contributed by atoms with Gasteiger partial charge in [-0.1, -0.05) is 18.2 Å². The number of nitrogens with zero attached hydrogens (tertiary/aromatic N) is 2. The number of aromatic amines is 1. The predicted molar refractivity (Wildman–Crippen MR) is 122 cm³/mol. The average molecular weight is 461 g/mol. The van der Waals surface area contributed by atoms with E-state index in [4.69, 9.17) is 4.42 Å². The highest BCUT2D eigenvalue weighted by atomic mass is 19.4. The number of rotatable bonds is 2. The van der Waals surface area contributed by atoms with E-state index in [1.165, 1.54) is 16.8 Å². The van der Waals surface area contributed by atoms with Crippen LogP contribution in [0.4, 0.5) is 13.2 Å². The van der Waals surface area contributed by atoms with E-state index in [0.29, 0.717) is 27.4 Å². The lowest BCUT2D eigenvalue weighted by atomic mass is 10.1. The number of aromatic nitrogens is 3. The molecule has 0 amide bonds. The number of benzene rings is 2. The number of nitrogens with one attached hydrogen (secondary N) is 1. The molecule has 0 spiro atoms. The van der Waals surface area contributed by atoms with E-state index >= 15 is 0 Å². The van der Waals surface area contributed by atoms with Crippen LogP contribution in [0.5, 0.6) is 0 Å². The van der Waals surface area contributed by atoms with Crippen molar-refractivity contribution in [3.63, 3.8) is 0 Å². The van der Waals surface area contributed by atoms with Gasteiger partial charge in [0.2, 0.25) is 5.71 Å². The quantitative estimate of drug-likeness (QED) is 0.384. The van der Waals surface area contributed by atoms with Crippen LogP contribution in [0.25, 0.3) is 43.8 Å². The van der Waals surface area contributed by atoms with Gasteiger partial charge in [-0.15, -0.1) is 0 Å². The zero-order chi connectivity index (χ0) is 23.6. The lowest BCUT2D eigenvalue weighted by molar-refractivity contribution is -0.137. The first kappa shape index (κ1) is 20.2. The van der Waals surface area contributed by atoms with E-state index in [1.54, 1.807) is 30.3 Å². The molecule has 2 aromatic carbocycles. The summed E-state index contributed by atoms with van der Waals surface area (Å²) < 4.78 is 47.5. The molecule has 1 N–H and O–H groups in total. The Morgan fingerprint density at radius 2 is 1.79 bits per heavy atom. The fourth-order valence-electron chi connectivity index (χ4n) is 4.46. The maximum atomic E-state index is 13.5. The number of hydrogen-bond acceptors (Lipinski definition) is 4. The molecule has 0 bridgehead atoms. The number of pyridine rings is 2. The van der Waals surface area contributed by atoms with E-state index in [0.717, 1.165) is 17.5 Å². The summed E-state index contributed by atoms with van der Waals surface area (Å²) in [6.45, 7) is -0.0396. The van der Waals surface area contributed by atoms with Crippen LogP contribution in [-0.4, -0.2) is 14.5 Å². The van der Waals surface area contributed by atoms with Gasteiger partial charge < -0.3 is 14.0 Å². The molecule has 0 saturated carbocycles. The molecule has 9 heteroatoms. The van der Waals surface area contributed by atoms with Crippen molar-refractivity contribution >= 4 is 43.8 Å². The largest absolute Gasteiger partial charge is 0.416 e. The first-order valence-electron chi connectivity index (χ1n) is 10.3. The fourth-order valence-corrected chi connectivity index (χ4v) is 4.46. The second-order valence-corrected chi connectivity index (χ2v) is 8.00. The van der Waals surface area contributed by atoms with Crippen molar-refractivity contribution in [2.24, 2.45) is 0 Å². The summed E-state index contributed by atoms with van der Waals surface area (Å²) in [6, 6.07) is 15.5.